The Labute approximate surface area is 97.2 Å². The van der Waals surface area contributed by atoms with Crippen LogP contribution in [0.15, 0.2) is 24.3 Å². The van der Waals surface area contributed by atoms with Gasteiger partial charge in [0.2, 0.25) is 5.91 Å². The number of benzene rings is 1. The summed E-state index contributed by atoms with van der Waals surface area (Å²) in [5, 5.41) is 0. The van der Waals surface area contributed by atoms with Crippen molar-refractivity contribution in [2.24, 2.45) is 11.7 Å². The summed E-state index contributed by atoms with van der Waals surface area (Å²) in [5.41, 5.74) is 8.03. The van der Waals surface area contributed by atoms with E-state index in [1.807, 2.05) is 0 Å². The van der Waals surface area contributed by atoms with Crippen LogP contribution < -0.4 is 5.73 Å². The van der Waals surface area contributed by atoms with Gasteiger partial charge in [-0.3, -0.25) is 4.79 Å². The third kappa shape index (κ3) is 3.35. The number of aryl methyl sites for hydroxylation is 1. The zero-order valence-electron chi connectivity index (χ0n) is 10.2. The van der Waals surface area contributed by atoms with Crippen molar-refractivity contribution < 1.29 is 4.79 Å². The third-order valence-corrected chi connectivity index (χ3v) is 2.68. The second-order valence-electron chi connectivity index (χ2n) is 4.36. The maximum absolute atomic E-state index is 11.8. The van der Waals surface area contributed by atoms with Gasteiger partial charge in [-0.05, 0) is 18.9 Å². The fraction of sp³-hybridized carbons (Fsp3) is 0.462. The molecule has 0 aliphatic rings. The molecule has 88 valence electrons. The number of hydrogen-bond acceptors (Lipinski definition) is 2. The lowest BCUT2D eigenvalue weighted by molar-refractivity contribution is -0.132. The maximum Gasteiger partial charge on any atom is 0.226 e. The molecule has 0 aliphatic heterocycles. The molecule has 2 N–H and O–H groups in total. The molecule has 3 nitrogen and oxygen atoms in total. The van der Waals surface area contributed by atoms with Crippen molar-refractivity contribution in [2.75, 3.05) is 20.6 Å². The number of nitrogens with two attached hydrogens (primary N) is 1. The van der Waals surface area contributed by atoms with Crippen molar-refractivity contribution in [3.8, 4) is 0 Å². The molecule has 0 heterocycles. The lowest BCUT2D eigenvalue weighted by atomic mass is 9.97. The van der Waals surface area contributed by atoms with Crippen LogP contribution in [0.25, 0.3) is 0 Å². The molecule has 0 aromatic heterocycles. The minimum atomic E-state index is -0.113. The number of nitrogens with zero attached hydrogens (tertiary/aromatic N) is 1. The Balaban J connectivity index is 2.70. The molecule has 1 rings (SSSR count). The van der Waals surface area contributed by atoms with E-state index in [9.17, 15) is 4.79 Å². The number of carbonyl (C=O) groups excluding carboxylic acids is 1. The van der Waals surface area contributed by atoms with Gasteiger partial charge in [-0.15, -0.1) is 0 Å². The van der Waals surface area contributed by atoms with E-state index in [-0.39, 0.29) is 11.8 Å². The Morgan fingerprint density at radius 1 is 1.31 bits per heavy atom. The normalized spacial score (nSPS) is 12.2. The average molecular weight is 220 g/mol. The van der Waals surface area contributed by atoms with Gasteiger partial charge in [0.1, 0.15) is 0 Å². The van der Waals surface area contributed by atoms with E-state index in [1.54, 1.807) is 19.0 Å². The van der Waals surface area contributed by atoms with Gasteiger partial charge in [-0.25, -0.2) is 0 Å². The Bertz CT molecular complexity index is 343. The van der Waals surface area contributed by atoms with Gasteiger partial charge in [-0.1, -0.05) is 29.8 Å². The summed E-state index contributed by atoms with van der Waals surface area (Å²) >= 11 is 0. The number of hydrogen-bond donors (Lipinski definition) is 1. The van der Waals surface area contributed by atoms with Crippen molar-refractivity contribution in [3.63, 3.8) is 0 Å². The highest BCUT2D eigenvalue weighted by atomic mass is 16.2. The largest absolute Gasteiger partial charge is 0.349 e. The van der Waals surface area contributed by atoms with Crippen LogP contribution in [0.5, 0.6) is 0 Å². The van der Waals surface area contributed by atoms with E-state index in [2.05, 4.69) is 31.2 Å². The fourth-order valence-electron chi connectivity index (χ4n) is 1.65. The summed E-state index contributed by atoms with van der Waals surface area (Å²) in [4.78, 5) is 13.4. The summed E-state index contributed by atoms with van der Waals surface area (Å²) in [6, 6.07) is 8.23. The molecule has 1 amide bonds. The monoisotopic (exact) mass is 220 g/mol. The summed E-state index contributed by atoms with van der Waals surface area (Å²) in [7, 11) is 3.53. The fourth-order valence-corrected chi connectivity index (χ4v) is 1.65. The van der Waals surface area contributed by atoms with E-state index in [4.69, 9.17) is 5.73 Å². The molecular formula is C13H20N2O. The molecule has 0 fully saturated rings. The van der Waals surface area contributed by atoms with E-state index in [0.29, 0.717) is 13.0 Å². The van der Waals surface area contributed by atoms with Crippen molar-refractivity contribution in [1.29, 1.82) is 0 Å². The predicted octanol–water partition coefficient (Wildman–Crippen LogP) is 1.20. The first-order valence-corrected chi connectivity index (χ1v) is 5.51. The minimum Gasteiger partial charge on any atom is -0.349 e. The molecule has 1 unspecified atom stereocenters. The molecule has 1 aromatic rings. The quantitative estimate of drug-likeness (QED) is 0.828. The molecule has 0 bridgehead atoms. The van der Waals surface area contributed by atoms with Crippen molar-refractivity contribution in [1.82, 2.24) is 4.90 Å². The molecule has 16 heavy (non-hydrogen) atoms. The summed E-state index contributed by atoms with van der Waals surface area (Å²) in [5.74, 6) is -0.0132. The number of carbonyl (C=O) groups is 1. The van der Waals surface area contributed by atoms with E-state index < -0.39 is 0 Å². The molecule has 0 aliphatic carbocycles. The molecule has 0 radical (unpaired) electrons. The van der Waals surface area contributed by atoms with E-state index in [0.717, 1.165) is 5.56 Å². The van der Waals surface area contributed by atoms with Gasteiger partial charge in [0.25, 0.3) is 0 Å². The summed E-state index contributed by atoms with van der Waals surface area (Å²) in [6.45, 7) is 2.44. The number of amides is 1. The van der Waals surface area contributed by atoms with Crippen molar-refractivity contribution >= 4 is 5.91 Å². The molecular weight excluding hydrogens is 200 g/mol. The lowest BCUT2D eigenvalue weighted by Crippen LogP contribution is -2.35. The second kappa shape index (κ2) is 5.66. The first kappa shape index (κ1) is 12.7. The number of rotatable bonds is 4. The van der Waals surface area contributed by atoms with E-state index >= 15 is 0 Å². The Morgan fingerprint density at radius 2 is 1.88 bits per heavy atom. The first-order valence-electron chi connectivity index (χ1n) is 5.51. The van der Waals surface area contributed by atoms with Crippen LogP contribution >= 0.6 is 0 Å². The van der Waals surface area contributed by atoms with Crippen LogP contribution in [0, 0.1) is 12.8 Å². The molecule has 0 saturated carbocycles. The van der Waals surface area contributed by atoms with Crippen LogP contribution in [0.4, 0.5) is 0 Å². The topological polar surface area (TPSA) is 46.3 Å². The second-order valence-corrected chi connectivity index (χ2v) is 4.36. The Morgan fingerprint density at radius 3 is 2.31 bits per heavy atom. The average Bonchev–Trinajstić information content (AvgIpc) is 2.27. The van der Waals surface area contributed by atoms with Crippen LogP contribution in [0.3, 0.4) is 0 Å². The molecule has 3 heteroatoms. The van der Waals surface area contributed by atoms with Crippen molar-refractivity contribution in [2.45, 2.75) is 13.3 Å². The van der Waals surface area contributed by atoms with Gasteiger partial charge >= 0.3 is 0 Å². The van der Waals surface area contributed by atoms with Gasteiger partial charge in [0, 0.05) is 20.6 Å². The predicted molar refractivity (Wildman–Crippen MR) is 66.1 cm³/mol. The highest BCUT2D eigenvalue weighted by molar-refractivity contribution is 5.78. The van der Waals surface area contributed by atoms with Crippen LogP contribution in [-0.4, -0.2) is 31.4 Å². The molecule has 0 saturated heterocycles. The van der Waals surface area contributed by atoms with Gasteiger partial charge in [-0.2, -0.15) is 0 Å². The third-order valence-electron chi connectivity index (χ3n) is 2.68. The maximum atomic E-state index is 11.8. The van der Waals surface area contributed by atoms with E-state index in [1.165, 1.54) is 5.56 Å². The minimum absolute atomic E-state index is 0.100. The Kier molecular flexibility index (Phi) is 4.50. The molecule has 1 atom stereocenters. The molecule has 1 aromatic carbocycles. The summed E-state index contributed by atoms with van der Waals surface area (Å²) in [6.07, 6.45) is 0.716. The molecule has 0 spiro atoms. The standard InChI is InChI=1S/C13H20N2O/c1-10-4-6-11(7-5-10)8-12(9-14)13(16)15(2)3/h4-7,12H,8-9,14H2,1-3H3. The first-order chi connectivity index (χ1) is 7.54. The van der Waals surface area contributed by atoms with Crippen molar-refractivity contribution in [3.05, 3.63) is 35.4 Å². The summed E-state index contributed by atoms with van der Waals surface area (Å²) < 4.78 is 0. The zero-order chi connectivity index (χ0) is 12.1. The highest BCUT2D eigenvalue weighted by Crippen LogP contribution is 2.11. The van der Waals surface area contributed by atoms with Crippen LogP contribution in [-0.2, 0) is 11.2 Å². The van der Waals surface area contributed by atoms with Crippen LogP contribution in [0.1, 0.15) is 11.1 Å². The highest BCUT2D eigenvalue weighted by Gasteiger charge is 2.18. The van der Waals surface area contributed by atoms with Gasteiger partial charge < -0.3 is 10.6 Å². The van der Waals surface area contributed by atoms with Crippen LogP contribution in [0.2, 0.25) is 0 Å². The smallest absolute Gasteiger partial charge is 0.226 e. The zero-order valence-corrected chi connectivity index (χ0v) is 10.2. The SMILES string of the molecule is Cc1ccc(CC(CN)C(=O)N(C)C)cc1. The van der Waals surface area contributed by atoms with Gasteiger partial charge in [0.05, 0.1) is 5.92 Å². The lowest BCUT2D eigenvalue weighted by Gasteiger charge is -2.19. The Hall–Kier alpha value is -1.35. The van der Waals surface area contributed by atoms with Gasteiger partial charge in [0.15, 0.2) is 0 Å².